The molecule has 2 heterocycles. The minimum Gasteiger partial charge on any atom is -0.480 e. The number of aromatic nitrogens is 1. The summed E-state index contributed by atoms with van der Waals surface area (Å²) >= 11 is 0. The largest absolute Gasteiger partial charge is 0.480 e. The molecule has 1 saturated heterocycles. The van der Waals surface area contributed by atoms with Gasteiger partial charge in [-0.15, -0.1) is 0 Å². The number of carboxylic acids is 1. The summed E-state index contributed by atoms with van der Waals surface area (Å²) in [5, 5.41) is 11.5. The van der Waals surface area contributed by atoms with E-state index in [0.717, 1.165) is 0 Å². The van der Waals surface area contributed by atoms with Crippen molar-refractivity contribution in [3.63, 3.8) is 0 Å². The normalized spacial score (nSPS) is 16.9. The highest BCUT2D eigenvalue weighted by Crippen LogP contribution is 2.30. The fourth-order valence-corrected chi connectivity index (χ4v) is 3.03. The number of hydrogen-bond donors (Lipinski definition) is 2. The number of ether oxygens (including phenoxy) is 1. The van der Waals surface area contributed by atoms with E-state index < -0.39 is 29.3 Å². The van der Waals surface area contributed by atoms with E-state index in [0.29, 0.717) is 37.7 Å². The van der Waals surface area contributed by atoms with Crippen LogP contribution in [-0.2, 0) is 14.3 Å². The zero-order valence-corrected chi connectivity index (χ0v) is 16.9. The van der Waals surface area contributed by atoms with E-state index >= 15 is 0 Å². The van der Waals surface area contributed by atoms with Crippen molar-refractivity contribution in [1.29, 1.82) is 0 Å². The number of carbonyl (C=O) groups is 3. The first-order valence-corrected chi connectivity index (χ1v) is 9.44. The lowest BCUT2D eigenvalue weighted by atomic mass is 9.76. The molecule has 0 radical (unpaired) electrons. The van der Waals surface area contributed by atoms with Crippen LogP contribution in [0.4, 0.5) is 5.82 Å². The van der Waals surface area contributed by atoms with E-state index in [1.807, 2.05) is 20.8 Å². The van der Waals surface area contributed by atoms with Gasteiger partial charge in [0, 0.05) is 31.3 Å². The molecule has 2 rings (SSSR count). The van der Waals surface area contributed by atoms with Crippen LogP contribution in [0, 0.1) is 11.3 Å². The Bertz CT molecular complexity index is 723. The molecule has 0 bridgehead atoms. The van der Waals surface area contributed by atoms with Gasteiger partial charge < -0.3 is 20.1 Å². The third-order valence-electron chi connectivity index (χ3n) is 4.88. The molecule has 1 aliphatic rings. The predicted molar refractivity (Wildman–Crippen MR) is 104 cm³/mol. The zero-order valence-electron chi connectivity index (χ0n) is 16.9. The number of carbonyl (C=O) groups excluding carboxylic acids is 2. The molecule has 1 aliphatic heterocycles. The van der Waals surface area contributed by atoms with Gasteiger partial charge in [-0.05, 0) is 24.5 Å². The highest BCUT2D eigenvalue weighted by atomic mass is 16.5. The minimum absolute atomic E-state index is 0.00572. The summed E-state index contributed by atoms with van der Waals surface area (Å²) in [6, 6.07) is 2.37. The first kappa shape index (κ1) is 21.8. The quantitative estimate of drug-likeness (QED) is 0.682. The van der Waals surface area contributed by atoms with Gasteiger partial charge in [0.05, 0.1) is 19.1 Å². The molecule has 0 aromatic carbocycles. The molecule has 0 unspecified atom stereocenters. The van der Waals surface area contributed by atoms with Crippen LogP contribution in [0.1, 0.15) is 44.5 Å². The van der Waals surface area contributed by atoms with Gasteiger partial charge in [-0.25, -0.2) is 4.98 Å². The van der Waals surface area contributed by atoms with Crippen molar-refractivity contribution in [1.82, 2.24) is 10.3 Å². The van der Waals surface area contributed by atoms with Crippen molar-refractivity contribution in [3.05, 3.63) is 23.9 Å². The fraction of sp³-hybridized carbons (Fsp3) is 0.600. The van der Waals surface area contributed by atoms with Crippen LogP contribution in [-0.4, -0.2) is 60.1 Å². The molecule has 0 saturated carbocycles. The summed E-state index contributed by atoms with van der Waals surface area (Å²) in [5.74, 6) is -1.66. The molecule has 0 aliphatic carbocycles. The maximum atomic E-state index is 12.9. The smallest absolute Gasteiger partial charge is 0.325 e. The van der Waals surface area contributed by atoms with E-state index in [-0.39, 0.29) is 12.2 Å². The maximum absolute atomic E-state index is 12.9. The van der Waals surface area contributed by atoms with E-state index in [1.54, 1.807) is 18.3 Å². The van der Waals surface area contributed by atoms with E-state index in [9.17, 15) is 14.4 Å². The van der Waals surface area contributed by atoms with E-state index in [4.69, 9.17) is 9.84 Å². The second kappa shape index (κ2) is 9.14. The maximum Gasteiger partial charge on any atom is 0.325 e. The van der Waals surface area contributed by atoms with Gasteiger partial charge in [-0.1, -0.05) is 20.8 Å². The first-order chi connectivity index (χ1) is 13.1. The number of pyridine rings is 1. The van der Waals surface area contributed by atoms with Crippen molar-refractivity contribution in [2.75, 3.05) is 31.2 Å². The zero-order chi connectivity index (χ0) is 20.9. The summed E-state index contributed by atoms with van der Waals surface area (Å²) in [7, 11) is 0. The summed E-state index contributed by atoms with van der Waals surface area (Å²) < 4.78 is 5.34. The Morgan fingerprint density at radius 3 is 2.50 bits per heavy atom. The molecule has 2 atom stereocenters. The number of Topliss-reactive ketones (excluding diaryl/α,β-unsaturated/α-hetero) is 1. The first-order valence-electron chi connectivity index (χ1n) is 9.44. The lowest BCUT2D eigenvalue weighted by Gasteiger charge is -2.30. The molecule has 0 spiro atoms. The van der Waals surface area contributed by atoms with Crippen LogP contribution < -0.4 is 10.2 Å². The van der Waals surface area contributed by atoms with Gasteiger partial charge in [0.1, 0.15) is 11.9 Å². The molecule has 8 nitrogen and oxygen atoms in total. The molecule has 1 amide bonds. The van der Waals surface area contributed by atoms with E-state index in [2.05, 4.69) is 15.2 Å². The number of nitrogens with zero attached hydrogens (tertiary/aromatic N) is 2. The number of rotatable bonds is 7. The van der Waals surface area contributed by atoms with Crippen molar-refractivity contribution < 1.29 is 24.2 Å². The number of morpholine rings is 1. The Morgan fingerprint density at radius 2 is 1.93 bits per heavy atom. The summed E-state index contributed by atoms with van der Waals surface area (Å²) in [5.41, 5.74) is -0.0114. The second-order valence-corrected chi connectivity index (χ2v) is 8.12. The van der Waals surface area contributed by atoms with Gasteiger partial charge in [0.25, 0.3) is 0 Å². The fourth-order valence-electron chi connectivity index (χ4n) is 3.03. The molecule has 1 aromatic rings. The Kier molecular flexibility index (Phi) is 7.12. The Morgan fingerprint density at radius 1 is 1.29 bits per heavy atom. The number of hydrogen-bond acceptors (Lipinski definition) is 6. The average molecular weight is 391 g/mol. The molecule has 28 heavy (non-hydrogen) atoms. The van der Waals surface area contributed by atoms with Gasteiger partial charge in [-0.3, -0.25) is 14.4 Å². The van der Waals surface area contributed by atoms with Crippen LogP contribution in [0.5, 0.6) is 0 Å². The minimum atomic E-state index is -1.11. The van der Waals surface area contributed by atoms with Crippen molar-refractivity contribution in [3.8, 4) is 0 Å². The monoisotopic (exact) mass is 391 g/mol. The van der Waals surface area contributed by atoms with Crippen molar-refractivity contribution in [2.24, 2.45) is 11.3 Å². The molecule has 2 N–H and O–H groups in total. The Hall–Kier alpha value is -2.48. The third-order valence-corrected chi connectivity index (χ3v) is 4.88. The van der Waals surface area contributed by atoms with Gasteiger partial charge in [0.15, 0.2) is 5.78 Å². The third kappa shape index (κ3) is 5.76. The number of carboxylic acid groups (broad SMARTS) is 1. The number of ketones is 1. The number of amides is 1. The SMILES string of the molecule is C[C@H](NC(=O)[C@@H](CC(=O)c1ccnc(N2CCOCC2)c1)C(C)(C)C)C(=O)O. The van der Waals surface area contributed by atoms with Crippen molar-refractivity contribution >= 4 is 23.5 Å². The number of nitrogens with one attached hydrogen (secondary N) is 1. The molecular formula is C20H29N3O5. The molecule has 1 fully saturated rings. The van der Waals surface area contributed by atoms with Gasteiger partial charge in [-0.2, -0.15) is 0 Å². The standard InChI is InChI=1S/C20H29N3O5/c1-13(19(26)27)22-18(25)15(20(2,3)4)12-16(24)14-5-6-21-17(11-14)23-7-9-28-10-8-23/h5-6,11,13,15H,7-10,12H2,1-4H3,(H,22,25)(H,26,27)/t13-,15+/m0/s1. The molecule has 1 aromatic heterocycles. The Balaban J connectivity index is 2.15. The highest BCUT2D eigenvalue weighted by Gasteiger charge is 2.34. The lowest BCUT2D eigenvalue weighted by molar-refractivity contribution is -0.142. The van der Waals surface area contributed by atoms with Crippen molar-refractivity contribution in [2.45, 2.75) is 40.2 Å². The van der Waals surface area contributed by atoms with Crippen LogP contribution in [0.25, 0.3) is 0 Å². The molecular weight excluding hydrogens is 362 g/mol. The number of aliphatic carboxylic acids is 1. The van der Waals surface area contributed by atoms with Crippen LogP contribution in [0.3, 0.4) is 0 Å². The Labute approximate surface area is 165 Å². The second-order valence-electron chi connectivity index (χ2n) is 8.12. The lowest BCUT2D eigenvalue weighted by Crippen LogP contribution is -2.45. The average Bonchev–Trinajstić information content (AvgIpc) is 2.65. The molecule has 8 heteroatoms. The van der Waals surface area contributed by atoms with Gasteiger partial charge in [0.2, 0.25) is 5.91 Å². The summed E-state index contributed by atoms with van der Waals surface area (Å²) in [6.07, 6.45) is 1.59. The molecule has 154 valence electrons. The van der Waals surface area contributed by atoms with Crippen LogP contribution in [0.2, 0.25) is 0 Å². The summed E-state index contributed by atoms with van der Waals surface area (Å²) in [4.78, 5) is 43.0. The number of anilines is 1. The topological polar surface area (TPSA) is 109 Å². The predicted octanol–water partition coefficient (Wildman–Crippen LogP) is 1.74. The summed E-state index contributed by atoms with van der Waals surface area (Å²) in [6.45, 7) is 9.65. The van der Waals surface area contributed by atoms with Crippen LogP contribution >= 0.6 is 0 Å². The van der Waals surface area contributed by atoms with Crippen LogP contribution in [0.15, 0.2) is 18.3 Å². The van der Waals surface area contributed by atoms with E-state index in [1.165, 1.54) is 6.92 Å². The van der Waals surface area contributed by atoms with Gasteiger partial charge >= 0.3 is 5.97 Å². The highest BCUT2D eigenvalue weighted by molar-refractivity contribution is 5.99.